The van der Waals surface area contributed by atoms with E-state index in [-0.39, 0.29) is 40.9 Å². The molecule has 0 aliphatic carbocycles. The molecule has 5 rings (SSSR count). The molecule has 0 bridgehead atoms. The summed E-state index contributed by atoms with van der Waals surface area (Å²) in [5.41, 5.74) is 4.88. The van der Waals surface area contributed by atoms with E-state index in [2.05, 4.69) is 31.0 Å². The summed E-state index contributed by atoms with van der Waals surface area (Å²) in [5.74, 6) is -4.00. The Kier molecular flexibility index (Phi) is 6.83. The molecule has 0 saturated heterocycles. The van der Waals surface area contributed by atoms with Crippen LogP contribution in [-0.4, -0.2) is 49.4 Å². The molecule has 4 aromatic rings. The molecular formula is C26H23N6O8+. The highest BCUT2D eigenvalue weighted by Crippen LogP contribution is 2.29. The number of carbonyl (C=O) groups is 4. The van der Waals surface area contributed by atoms with Crippen molar-refractivity contribution in [3.8, 4) is 5.75 Å². The van der Waals surface area contributed by atoms with Crippen LogP contribution in [0.5, 0.6) is 5.75 Å². The number of nitrogens with zero attached hydrogens (tertiary/aromatic N) is 3. The van der Waals surface area contributed by atoms with Crippen molar-refractivity contribution in [1.29, 1.82) is 0 Å². The first-order valence-corrected chi connectivity index (χ1v) is 12.1. The summed E-state index contributed by atoms with van der Waals surface area (Å²) < 4.78 is 11.1. The average Bonchev–Trinajstić information content (AvgIpc) is 3.50. The molecule has 3 amide bonds. The summed E-state index contributed by atoms with van der Waals surface area (Å²) in [6.07, 6.45) is 0.837. The van der Waals surface area contributed by atoms with Gasteiger partial charge in [0.2, 0.25) is 0 Å². The number of rotatable bonds is 8. The Balaban J connectivity index is 1.39. The topological polar surface area (TPSA) is 210 Å². The second kappa shape index (κ2) is 10.4. The maximum Gasteiger partial charge on any atom is 0.448 e. The van der Waals surface area contributed by atoms with Crippen molar-refractivity contribution >= 4 is 29.5 Å². The van der Waals surface area contributed by atoms with Gasteiger partial charge in [0, 0.05) is 13.0 Å². The lowest BCUT2D eigenvalue weighted by Crippen LogP contribution is -2.62. The molecular weight excluding hydrogens is 524 g/mol. The van der Waals surface area contributed by atoms with Gasteiger partial charge in [0.25, 0.3) is 17.6 Å². The molecule has 3 heterocycles. The predicted molar refractivity (Wildman–Crippen MR) is 134 cm³/mol. The number of benzene rings is 2. The Hall–Kier alpha value is -5.37. The highest BCUT2D eigenvalue weighted by Gasteiger charge is 2.28. The zero-order chi connectivity index (χ0) is 28.6. The van der Waals surface area contributed by atoms with E-state index in [4.69, 9.17) is 9.84 Å². The fourth-order valence-corrected chi connectivity index (χ4v) is 4.37. The third-order valence-corrected chi connectivity index (χ3v) is 6.29. The van der Waals surface area contributed by atoms with Gasteiger partial charge in [0.05, 0.1) is 5.56 Å². The van der Waals surface area contributed by atoms with Gasteiger partial charge in [-0.1, -0.05) is 24.3 Å². The predicted octanol–water partition coefficient (Wildman–Crippen LogP) is -0.126. The van der Waals surface area contributed by atoms with E-state index < -0.39 is 35.5 Å². The van der Waals surface area contributed by atoms with E-state index in [9.17, 15) is 24.0 Å². The van der Waals surface area contributed by atoms with Crippen molar-refractivity contribution in [2.24, 2.45) is 0 Å². The minimum absolute atomic E-state index is 0.0179. The molecule has 6 N–H and O–H groups in total. The number of carboxylic acid groups (broad SMARTS) is 1. The highest BCUT2D eigenvalue weighted by atomic mass is 16.5. The van der Waals surface area contributed by atoms with E-state index in [1.165, 1.54) is 24.3 Å². The lowest BCUT2D eigenvalue weighted by Gasteiger charge is -2.15. The summed E-state index contributed by atoms with van der Waals surface area (Å²) in [4.78, 5) is 66.0. The van der Waals surface area contributed by atoms with Gasteiger partial charge in [-0.3, -0.25) is 19.8 Å². The third-order valence-electron chi connectivity index (χ3n) is 6.29. The van der Waals surface area contributed by atoms with Crippen LogP contribution in [0.3, 0.4) is 0 Å². The largest absolute Gasteiger partial charge is 0.490 e. The van der Waals surface area contributed by atoms with Gasteiger partial charge in [0.15, 0.2) is 6.04 Å². The number of quaternary nitrogens is 1. The van der Waals surface area contributed by atoms with E-state index in [0.29, 0.717) is 0 Å². The number of aromatic carboxylic acids is 1. The molecule has 14 nitrogen and oxygen atoms in total. The fourth-order valence-electron chi connectivity index (χ4n) is 4.37. The van der Waals surface area contributed by atoms with Crippen LogP contribution in [0.15, 0.2) is 57.8 Å². The molecule has 0 fully saturated rings. The molecule has 40 heavy (non-hydrogen) atoms. The van der Waals surface area contributed by atoms with E-state index in [1.54, 1.807) is 0 Å². The number of aromatic nitrogens is 3. The second-order valence-electron chi connectivity index (χ2n) is 9.17. The van der Waals surface area contributed by atoms with Crippen molar-refractivity contribution < 1.29 is 39.3 Å². The molecule has 204 valence electrons. The third kappa shape index (κ3) is 5.15. The lowest BCUT2D eigenvalue weighted by molar-refractivity contribution is -0.308. The smallest absolute Gasteiger partial charge is 0.448 e. The van der Waals surface area contributed by atoms with Crippen LogP contribution in [0.4, 0.5) is 0 Å². The van der Waals surface area contributed by atoms with Gasteiger partial charge in [-0.05, 0) is 53.0 Å². The molecule has 14 heteroatoms. The number of fused-ring (bicyclic) bond motifs is 2. The summed E-state index contributed by atoms with van der Waals surface area (Å²) >= 11 is 0. The minimum Gasteiger partial charge on any atom is -0.490 e. The maximum atomic E-state index is 13.3. The van der Waals surface area contributed by atoms with Gasteiger partial charge in [0.1, 0.15) is 23.2 Å². The van der Waals surface area contributed by atoms with Crippen LogP contribution in [0.1, 0.15) is 61.0 Å². The van der Waals surface area contributed by atoms with Gasteiger partial charge in [-0.25, -0.2) is 23.8 Å². The molecule has 1 aliphatic rings. The quantitative estimate of drug-likeness (QED) is 0.230. The maximum absolute atomic E-state index is 13.3. The summed E-state index contributed by atoms with van der Waals surface area (Å²) in [5, 5.41) is 17.8. The normalized spacial score (nSPS) is 14.7. The van der Waals surface area contributed by atoms with E-state index in [1.807, 2.05) is 25.1 Å². The van der Waals surface area contributed by atoms with Crippen LogP contribution in [-0.2, 0) is 17.8 Å². The summed E-state index contributed by atoms with van der Waals surface area (Å²) in [6, 6.07) is 10.6. The van der Waals surface area contributed by atoms with Crippen LogP contribution < -0.4 is 26.9 Å². The Labute approximate surface area is 224 Å². The van der Waals surface area contributed by atoms with Crippen LogP contribution >= 0.6 is 0 Å². The number of hydrogen-bond acceptors (Lipinski definition) is 9. The molecule has 2 aromatic carbocycles. The number of amides is 3. The Morgan fingerprint density at radius 3 is 2.58 bits per heavy atom. The van der Waals surface area contributed by atoms with E-state index >= 15 is 0 Å². The number of carbonyl (C=O) groups excluding carboxylic acids is 3. The van der Waals surface area contributed by atoms with Gasteiger partial charge < -0.3 is 20.5 Å². The first kappa shape index (κ1) is 26.2. The number of nitrogens with one attached hydrogen (secondary N) is 2. The molecule has 1 unspecified atom stereocenters. The zero-order valence-electron chi connectivity index (χ0n) is 21.0. The molecule has 2 atom stereocenters. The highest BCUT2D eigenvalue weighted by molar-refractivity contribution is 5.99. The van der Waals surface area contributed by atoms with Crippen LogP contribution in [0, 0.1) is 0 Å². The van der Waals surface area contributed by atoms with Crippen LogP contribution in [0.25, 0.3) is 5.78 Å². The zero-order valence-corrected chi connectivity index (χ0v) is 21.0. The van der Waals surface area contributed by atoms with Crippen molar-refractivity contribution in [3.63, 3.8) is 0 Å². The first-order valence-electron chi connectivity index (χ1n) is 12.1. The van der Waals surface area contributed by atoms with Gasteiger partial charge in [-0.2, -0.15) is 0 Å². The molecule has 0 radical (unpaired) electrons. The second-order valence-corrected chi connectivity index (χ2v) is 9.17. The Bertz CT molecular complexity index is 1730. The first-order chi connectivity index (χ1) is 19.1. The number of hydrogen-bond donors (Lipinski definition) is 4. The van der Waals surface area contributed by atoms with Crippen molar-refractivity contribution in [2.45, 2.75) is 32.0 Å². The Morgan fingerprint density at radius 2 is 1.88 bits per heavy atom. The van der Waals surface area contributed by atoms with Crippen molar-refractivity contribution in [2.75, 3.05) is 0 Å². The minimum atomic E-state index is -1.28. The number of ether oxygens (including phenoxy) is 1. The lowest BCUT2D eigenvalue weighted by atomic mass is 10.0. The standard InChI is InChI=1S/C26H22N6O8/c1-12-8-16-9-13(2-7-19(16)39-12)11-28-22(34)17-10-18(32-25(29-17)31-40-26(32)38)23(35)30-20(21(27)33)14-3-5-15(6-4-14)24(36)37/h2-7,9-10,12,20H,8,11H2,1H3,(H2,27,33)(H,28,34)(H,30,35)(H,36,37)/p+1/t12?,20-/m1/s1. The summed E-state index contributed by atoms with van der Waals surface area (Å²) in [7, 11) is 0. The Morgan fingerprint density at radius 1 is 1.12 bits per heavy atom. The SMILES string of the molecule is CC1Cc2cc(CNC(=O)c3cc(C(=O)N[C@@H](C([NH3+])=O)c4ccc(C(=O)O)cc4)n4c(=O)onc4n3)ccc2O1. The molecule has 1 aliphatic heterocycles. The van der Waals surface area contributed by atoms with Gasteiger partial charge in [-0.15, -0.1) is 0 Å². The summed E-state index contributed by atoms with van der Waals surface area (Å²) in [6.45, 7) is 2.13. The average molecular weight is 548 g/mol. The fraction of sp³-hybridized carbons (Fsp3) is 0.192. The molecule has 0 saturated carbocycles. The number of carboxylic acids is 1. The van der Waals surface area contributed by atoms with Crippen molar-refractivity contribution in [3.05, 3.63) is 92.7 Å². The van der Waals surface area contributed by atoms with Crippen molar-refractivity contribution in [1.82, 2.24) is 25.2 Å². The van der Waals surface area contributed by atoms with E-state index in [0.717, 1.165) is 33.8 Å². The van der Waals surface area contributed by atoms with Gasteiger partial charge >= 0.3 is 17.6 Å². The monoisotopic (exact) mass is 547 g/mol. The molecule has 2 aromatic heterocycles. The van der Waals surface area contributed by atoms with Crippen LogP contribution in [0.2, 0.25) is 0 Å². The molecule has 0 spiro atoms.